The number of aliphatic hydroxyl groups excluding tert-OH is 2. The molecule has 0 aromatic heterocycles. The highest BCUT2D eigenvalue weighted by Gasteiger charge is 2.50. The fourth-order valence-electron chi connectivity index (χ4n) is 6.15. The normalized spacial score (nSPS) is 40.8. The first kappa shape index (κ1) is 20.4. The molecule has 3 aliphatic rings. The molecule has 7 atom stereocenters. The Morgan fingerprint density at radius 3 is 2.68 bits per heavy atom. The van der Waals surface area contributed by atoms with Crippen LogP contribution in [0.5, 0.6) is 0 Å². The van der Waals surface area contributed by atoms with Crippen LogP contribution in [0.15, 0.2) is 47.5 Å². The first-order valence-electron chi connectivity index (χ1n) is 13.6. The standard InChI is InChI=1S/C28H44O3/c1-18(9-10-19(2)27(4,5)31)24-13-14-25-21(8-7-15-28(24,25)6)11-12-22-16-23(29)17-26(30)20(22)3/h9-12,18-19,23-26,29-31H,3,7-8,13-17H2,1-2,4-6H3/b10-9?,21-11+,22-12+/t18-,19+,23-,24-,25+,26+,28-/m1/s1/i3D2,12D. The summed E-state index contributed by atoms with van der Waals surface area (Å²) < 4.78 is 24.3. The Bertz CT molecular complexity index is 878. The maximum atomic E-state index is 10.3. The van der Waals surface area contributed by atoms with Gasteiger partial charge in [0.2, 0.25) is 0 Å². The summed E-state index contributed by atoms with van der Waals surface area (Å²) in [5.41, 5.74) is 1.31. The van der Waals surface area contributed by atoms with Crippen molar-refractivity contribution in [2.24, 2.45) is 29.1 Å². The van der Waals surface area contributed by atoms with Crippen molar-refractivity contribution in [2.75, 3.05) is 0 Å². The van der Waals surface area contributed by atoms with Gasteiger partial charge in [0, 0.05) is 12.3 Å². The first-order valence-corrected chi connectivity index (χ1v) is 12.1. The molecule has 3 rings (SSSR count). The summed E-state index contributed by atoms with van der Waals surface area (Å²) in [7, 11) is 0. The highest BCUT2D eigenvalue weighted by Crippen LogP contribution is 2.59. The quantitative estimate of drug-likeness (QED) is 0.487. The van der Waals surface area contributed by atoms with E-state index in [1.54, 1.807) is 0 Å². The van der Waals surface area contributed by atoms with Gasteiger partial charge in [0.1, 0.15) is 0 Å². The van der Waals surface area contributed by atoms with Gasteiger partial charge >= 0.3 is 0 Å². The number of aliphatic hydroxyl groups is 3. The lowest BCUT2D eigenvalue weighted by Gasteiger charge is -2.44. The number of fused-ring (bicyclic) bond motifs is 1. The fraction of sp³-hybridized carbons (Fsp3) is 0.714. The van der Waals surface area contributed by atoms with Crippen LogP contribution in [0.1, 0.15) is 83.7 Å². The summed E-state index contributed by atoms with van der Waals surface area (Å²) in [5, 5.41) is 30.8. The SMILES string of the molecule is [2H]C([2H])=C1/C(=C([2H])/C=C2\CCC[C@]3(C)[C@@H]([C@H](C)C=C[C@H](C)C(C)(C)O)CC[C@@H]23)C[C@@H](O)C[C@@H]1O. The van der Waals surface area contributed by atoms with Gasteiger partial charge < -0.3 is 15.3 Å². The van der Waals surface area contributed by atoms with E-state index < -0.39 is 24.3 Å². The second-order valence-electron chi connectivity index (χ2n) is 11.1. The number of allylic oxidation sites excluding steroid dienone is 4. The molecule has 174 valence electrons. The average molecular weight is 432 g/mol. The molecule has 0 bridgehead atoms. The maximum absolute atomic E-state index is 10.3. The molecule has 0 radical (unpaired) electrons. The average Bonchev–Trinajstić information content (AvgIpc) is 3.08. The minimum absolute atomic E-state index is 0.0849. The smallest absolute Gasteiger partial charge is 0.0811 e. The van der Waals surface area contributed by atoms with Gasteiger partial charge in [-0.3, -0.25) is 0 Å². The fourth-order valence-corrected chi connectivity index (χ4v) is 6.15. The van der Waals surface area contributed by atoms with Crippen LogP contribution in [0.25, 0.3) is 0 Å². The summed E-state index contributed by atoms with van der Waals surface area (Å²) in [4.78, 5) is 0. The Hall–Kier alpha value is -1.16. The van der Waals surface area contributed by atoms with Crippen LogP contribution in [0.2, 0.25) is 0 Å². The Balaban J connectivity index is 1.87. The predicted octanol–water partition coefficient (Wildman–Crippen LogP) is 5.73. The molecule has 3 nitrogen and oxygen atoms in total. The van der Waals surface area contributed by atoms with E-state index in [2.05, 4.69) is 26.0 Å². The second-order valence-corrected chi connectivity index (χ2v) is 11.1. The third-order valence-electron chi connectivity index (χ3n) is 8.52. The minimum atomic E-state index is -1.06. The molecule has 3 N–H and O–H groups in total. The van der Waals surface area contributed by atoms with Crippen molar-refractivity contribution in [1.82, 2.24) is 0 Å². The van der Waals surface area contributed by atoms with Crippen molar-refractivity contribution in [1.29, 1.82) is 0 Å². The highest BCUT2D eigenvalue weighted by molar-refractivity contribution is 5.38. The molecule has 0 aromatic rings. The van der Waals surface area contributed by atoms with Crippen molar-refractivity contribution in [3.05, 3.63) is 47.5 Å². The largest absolute Gasteiger partial charge is 0.393 e. The van der Waals surface area contributed by atoms with Crippen molar-refractivity contribution in [3.63, 3.8) is 0 Å². The van der Waals surface area contributed by atoms with Gasteiger partial charge in [0.25, 0.3) is 0 Å². The van der Waals surface area contributed by atoms with E-state index in [-0.39, 0.29) is 35.8 Å². The summed E-state index contributed by atoms with van der Waals surface area (Å²) in [6.07, 6.45) is 10.3. The van der Waals surface area contributed by atoms with Crippen molar-refractivity contribution in [3.8, 4) is 0 Å². The van der Waals surface area contributed by atoms with Gasteiger partial charge in [-0.2, -0.15) is 0 Å². The van der Waals surface area contributed by atoms with Gasteiger partial charge in [0.15, 0.2) is 0 Å². The number of hydrogen-bond acceptors (Lipinski definition) is 3. The minimum Gasteiger partial charge on any atom is -0.393 e. The van der Waals surface area contributed by atoms with Crippen LogP contribution >= 0.6 is 0 Å². The number of hydrogen-bond donors (Lipinski definition) is 3. The third kappa shape index (κ3) is 5.26. The summed E-state index contributed by atoms with van der Waals surface area (Å²) in [6.45, 7) is 9.96. The lowest BCUT2D eigenvalue weighted by molar-refractivity contribution is 0.0436. The Labute approximate surface area is 193 Å². The van der Waals surface area contributed by atoms with Gasteiger partial charge in [0.05, 0.1) is 21.9 Å². The summed E-state index contributed by atoms with van der Waals surface area (Å²) >= 11 is 0. The van der Waals surface area contributed by atoms with Gasteiger partial charge in [-0.1, -0.05) is 57.2 Å². The molecule has 0 saturated heterocycles. The molecular formula is C28H44O3. The van der Waals surface area contributed by atoms with E-state index in [9.17, 15) is 15.3 Å². The second kappa shape index (κ2) is 9.37. The summed E-state index contributed by atoms with van der Waals surface area (Å²) in [5.74, 6) is 1.42. The molecule has 3 heteroatoms. The predicted molar refractivity (Wildman–Crippen MR) is 128 cm³/mol. The van der Waals surface area contributed by atoms with E-state index >= 15 is 0 Å². The van der Waals surface area contributed by atoms with Gasteiger partial charge in [-0.05, 0) is 86.7 Å². The molecule has 0 heterocycles. The lowest BCUT2D eigenvalue weighted by Crippen LogP contribution is -2.35. The Morgan fingerprint density at radius 2 is 2.00 bits per heavy atom. The van der Waals surface area contributed by atoms with E-state index in [4.69, 9.17) is 4.11 Å². The van der Waals surface area contributed by atoms with E-state index in [1.807, 2.05) is 26.8 Å². The molecule has 3 saturated carbocycles. The zero-order valence-electron chi connectivity index (χ0n) is 23.0. The third-order valence-corrected chi connectivity index (χ3v) is 8.52. The van der Waals surface area contributed by atoms with Crippen molar-refractivity contribution < 1.29 is 19.4 Å². The van der Waals surface area contributed by atoms with Gasteiger partial charge in [-0.25, -0.2) is 0 Å². The van der Waals surface area contributed by atoms with E-state index in [0.717, 1.165) is 32.1 Å². The highest BCUT2D eigenvalue weighted by atomic mass is 16.3. The van der Waals surface area contributed by atoms with Gasteiger partial charge in [-0.15, -0.1) is 0 Å². The molecule has 0 aliphatic heterocycles. The van der Waals surface area contributed by atoms with Crippen LogP contribution in [-0.2, 0) is 0 Å². The monoisotopic (exact) mass is 431 g/mol. The van der Waals surface area contributed by atoms with Crippen LogP contribution < -0.4 is 0 Å². The van der Waals surface area contributed by atoms with Crippen molar-refractivity contribution >= 4 is 0 Å². The molecule has 31 heavy (non-hydrogen) atoms. The zero-order valence-corrected chi connectivity index (χ0v) is 20.0. The molecule has 3 aliphatic carbocycles. The molecule has 0 amide bonds. The van der Waals surface area contributed by atoms with Crippen LogP contribution in [0, 0.1) is 29.1 Å². The maximum Gasteiger partial charge on any atom is 0.0811 e. The first-order chi connectivity index (χ1) is 15.8. The van der Waals surface area contributed by atoms with E-state index in [1.165, 1.54) is 5.57 Å². The van der Waals surface area contributed by atoms with Crippen LogP contribution in [-0.4, -0.2) is 33.1 Å². The molecule has 0 aromatic carbocycles. The topological polar surface area (TPSA) is 60.7 Å². The number of rotatable bonds is 5. The molecule has 3 fully saturated rings. The molecular weight excluding hydrogens is 384 g/mol. The van der Waals surface area contributed by atoms with Crippen molar-refractivity contribution in [2.45, 2.75) is 97.4 Å². The summed E-state index contributed by atoms with van der Waals surface area (Å²) in [6, 6.07) is 0.236. The lowest BCUT2D eigenvalue weighted by atomic mass is 9.61. The van der Waals surface area contributed by atoms with E-state index in [0.29, 0.717) is 23.3 Å². The Morgan fingerprint density at radius 1 is 1.26 bits per heavy atom. The van der Waals surface area contributed by atoms with Crippen LogP contribution in [0.4, 0.5) is 0 Å². The Kier molecular flexibility index (Phi) is 6.18. The molecule has 0 spiro atoms. The molecule has 0 unspecified atom stereocenters. The zero-order chi connectivity index (χ0) is 25.4. The van der Waals surface area contributed by atoms with Crippen LogP contribution in [0.3, 0.4) is 0 Å².